The second-order valence-corrected chi connectivity index (χ2v) is 10.4. The summed E-state index contributed by atoms with van der Waals surface area (Å²) < 4.78 is 26.7. The number of amides is 1. The van der Waals surface area contributed by atoms with Gasteiger partial charge in [0.25, 0.3) is 5.91 Å². The summed E-state index contributed by atoms with van der Waals surface area (Å²) in [6.45, 7) is -0.366. The third-order valence-electron chi connectivity index (χ3n) is 6.06. The minimum atomic E-state index is -0.764. The molecule has 34 heavy (non-hydrogen) atoms. The zero-order valence-corrected chi connectivity index (χ0v) is 19.9. The summed E-state index contributed by atoms with van der Waals surface area (Å²) in [7, 11) is 0. The molecule has 0 radical (unpaired) electrons. The number of nitrogens with zero attached hydrogens (tertiary/aromatic N) is 1. The molecule has 178 valence electrons. The van der Waals surface area contributed by atoms with Gasteiger partial charge in [-0.15, -0.1) is 0 Å². The van der Waals surface area contributed by atoms with Gasteiger partial charge in [-0.05, 0) is 65.8 Å². The number of anilines is 1. The number of carbonyl (C=O) groups is 1. The maximum Gasteiger partial charge on any atom is 0.254 e. The lowest BCUT2D eigenvalue weighted by molar-refractivity contribution is 0.0912. The Hall–Kier alpha value is -2.65. The molecule has 2 aromatic carbocycles. The standard InChI is InChI=1S/C25H25ClFN3O3S/c26-19-3-1-2-17(10-19)23(14-31)30-25(32)20-5-4-16(12-22(20)27)21-11-18(13-29-24(21)28)15-6-8-34(33)9-7-15/h1-5,10-13,15,23,31H,6-9,14H2,(H2,28,29)(H,30,32)/t15-,23-,34-/m1/s1. The Morgan fingerprint density at radius 2 is 2.03 bits per heavy atom. The molecule has 4 N–H and O–H groups in total. The first-order valence-corrected chi connectivity index (χ1v) is 12.8. The molecule has 4 rings (SSSR count). The molecule has 0 bridgehead atoms. The van der Waals surface area contributed by atoms with Crippen LogP contribution < -0.4 is 11.1 Å². The molecule has 0 aliphatic carbocycles. The number of benzene rings is 2. The molecule has 3 aromatic rings. The van der Waals surface area contributed by atoms with E-state index >= 15 is 0 Å². The predicted molar refractivity (Wildman–Crippen MR) is 133 cm³/mol. The van der Waals surface area contributed by atoms with E-state index in [1.807, 2.05) is 6.07 Å². The number of halogens is 2. The highest BCUT2D eigenvalue weighted by molar-refractivity contribution is 7.91. The number of nitrogens with two attached hydrogens (primary N) is 1. The predicted octanol–water partition coefficient (Wildman–Crippen LogP) is 4.21. The summed E-state index contributed by atoms with van der Waals surface area (Å²) in [6, 6.07) is 12.2. The van der Waals surface area contributed by atoms with Crippen molar-refractivity contribution < 1.29 is 18.8 Å². The highest BCUT2D eigenvalue weighted by Crippen LogP contribution is 2.34. The van der Waals surface area contributed by atoms with Crippen molar-refractivity contribution in [3.05, 3.63) is 82.3 Å². The van der Waals surface area contributed by atoms with Gasteiger partial charge in [-0.2, -0.15) is 0 Å². The molecule has 1 amide bonds. The summed E-state index contributed by atoms with van der Waals surface area (Å²) in [5.74, 6) is 0.454. The van der Waals surface area contributed by atoms with Gasteiger partial charge in [0.2, 0.25) is 0 Å². The van der Waals surface area contributed by atoms with E-state index in [1.165, 1.54) is 12.1 Å². The van der Waals surface area contributed by atoms with E-state index in [-0.39, 0.29) is 23.9 Å². The molecule has 1 aliphatic rings. The second kappa shape index (κ2) is 10.7. The zero-order valence-electron chi connectivity index (χ0n) is 18.3. The fourth-order valence-electron chi connectivity index (χ4n) is 4.13. The summed E-state index contributed by atoms with van der Waals surface area (Å²) >= 11 is 5.23. The van der Waals surface area contributed by atoms with Crippen molar-refractivity contribution in [2.75, 3.05) is 23.8 Å². The SMILES string of the molecule is Nc1ncc([C@H]2CC[S@+]([O-])CC2)cc1-c1ccc(C(=O)N[C@H](CO)c2cccc(Cl)c2)c(F)c1. The van der Waals surface area contributed by atoms with Crippen LogP contribution in [0.15, 0.2) is 54.7 Å². The first-order valence-electron chi connectivity index (χ1n) is 10.9. The van der Waals surface area contributed by atoms with Crippen molar-refractivity contribution in [1.29, 1.82) is 0 Å². The maximum absolute atomic E-state index is 15.0. The molecular formula is C25H25ClFN3O3S. The third-order valence-corrected chi connectivity index (χ3v) is 7.68. The Morgan fingerprint density at radius 1 is 1.26 bits per heavy atom. The van der Waals surface area contributed by atoms with Gasteiger partial charge in [0.05, 0.1) is 18.2 Å². The average Bonchev–Trinajstić information content (AvgIpc) is 2.83. The van der Waals surface area contributed by atoms with Crippen LogP contribution in [0.2, 0.25) is 5.02 Å². The molecule has 2 heterocycles. The number of pyridine rings is 1. The van der Waals surface area contributed by atoms with E-state index in [1.54, 1.807) is 36.5 Å². The smallest absolute Gasteiger partial charge is 0.254 e. The Morgan fingerprint density at radius 3 is 2.71 bits per heavy atom. The minimum absolute atomic E-state index is 0.151. The molecule has 0 saturated carbocycles. The van der Waals surface area contributed by atoms with Gasteiger partial charge in [-0.25, -0.2) is 9.37 Å². The van der Waals surface area contributed by atoms with Gasteiger partial charge in [0.15, 0.2) is 0 Å². The van der Waals surface area contributed by atoms with E-state index in [0.29, 0.717) is 33.2 Å². The normalized spacial score (nSPS) is 18.9. The topological polar surface area (TPSA) is 111 Å². The Balaban J connectivity index is 1.55. The number of carbonyl (C=O) groups excluding carboxylic acids is 1. The van der Waals surface area contributed by atoms with E-state index < -0.39 is 28.9 Å². The lowest BCUT2D eigenvalue weighted by atomic mass is 9.92. The van der Waals surface area contributed by atoms with Gasteiger partial charge >= 0.3 is 0 Å². The summed E-state index contributed by atoms with van der Waals surface area (Å²) in [6.07, 6.45) is 3.34. The van der Waals surface area contributed by atoms with Gasteiger partial charge in [-0.3, -0.25) is 4.79 Å². The van der Waals surface area contributed by atoms with Crippen molar-refractivity contribution in [3.63, 3.8) is 0 Å². The fourth-order valence-corrected chi connectivity index (χ4v) is 5.63. The molecule has 1 saturated heterocycles. The Labute approximate surface area is 205 Å². The van der Waals surface area contributed by atoms with Gasteiger partial charge < -0.3 is 20.7 Å². The van der Waals surface area contributed by atoms with Crippen molar-refractivity contribution in [2.45, 2.75) is 24.8 Å². The van der Waals surface area contributed by atoms with Gasteiger partial charge in [0, 0.05) is 16.8 Å². The summed E-state index contributed by atoms with van der Waals surface area (Å²) in [5, 5.41) is 12.8. The Kier molecular flexibility index (Phi) is 7.73. The van der Waals surface area contributed by atoms with Crippen LogP contribution in [-0.2, 0) is 11.2 Å². The lowest BCUT2D eigenvalue weighted by Gasteiger charge is -2.24. The van der Waals surface area contributed by atoms with Crippen LogP contribution in [0, 0.1) is 5.82 Å². The number of hydrogen-bond donors (Lipinski definition) is 3. The average molecular weight is 502 g/mol. The summed E-state index contributed by atoms with van der Waals surface area (Å²) in [4.78, 5) is 17.0. The fraction of sp³-hybridized carbons (Fsp3) is 0.280. The molecular weight excluding hydrogens is 477 g/mol. The van der Waals surface area contributed by atoms with E-state index in [4.69, 9.17) is 17.3 Å². The van der Waals surface area contributed by atoms with Crippen LogP contribution in [0.25, 0.3) is 11.1 Å². The zero-order chi connectivity index (χ0) is 24.2. The first-order chi connectivity index (χ1) is 16.4. The molecule has 1 fully saturated rings. The second-order valence-electron chi connectivity index (χ2n) is 8.28. The van der Waals surface area contributed by atoms with E-state index in [0.717, 1.165) is 18.4 Å². The highest BCUT2D eigenvalue weighted by atomic mass is 35.5. The van der Waals surface area contributed by atoms with Crippen molar-refractivity contribution in [2.24, 2.45) is 0 Å². The molecule has 6 nitrogen and oxygen atoms in total. The largest absolute Gasteiger partial charge is 0.616 e. The van der Waals surface area contributed by atoms with E-state index in [2.05, 4.69) is 10.3 Å². The number of rotatable bonds is 6. The van der Waals surface area contributed by atoms with E-state index in [9.17, 15) is 18.8 Å². The van der Waals surface area contributed by atoms with Crippen LogP contribution in [0.5, 0.6) is 0 Å². The molecule has 0 unspecified atom stereocenters. The van der Waals surface area contributed by atoms with Crippen LogP contribution >= 0.6 is 11.6 Å². The van der Waals surface area contributed by atoms with Crippen LogP contribution in [0.4, 0.5) is 10.2 Å². The quantitative estimate of drug-likeness (QED) is 0.438. The number of aliphatic hydroxyl groups excluding tert-OH is 1. The van der Waals surface area contributed by atoms with Crippen molar-refractivity contribution in [3.8, 4) is 11.1 Å². The highest BCUT2D eigenvalue weighted by Gasteiger charge is 2.24. The maximum atomic E-state index is 15.0. The Bertz CT molecular complexity index is 1190. The molecule has 1 aromatic heterocycles. The van der Waals surface area contributed by atoms with Gasteiger partial charge in [0.1, 0.15) is 23.1 Å². The van der Waals surface area contributed by atoms with Crippen molar-refractivity contribution >= 4 is 34.5 Å². The van der Waals surface area contributed by atoms with Crippen molar-refractivity contribution in [1.82, 2.24) is 10.3 Å². The number of nitrogen functional groups attached to an aromatic ring is 1. The molecule has 1 aliphatic heterocycles. The monoisotopic (exact) mass is 501 g/mol. The number of nitrogens with one attached hydrogen (secondary N) is 1. The lowest BCUT2D eigenvalue weighted by Crippen LogP contribution is -2.31. The minimum Gasteiger partial charge on any atom is -0.616 e. The first kappa shape index (κ1) is 24.5. The molecule has 0 spiro atoms. The van der Waals surface area contributed by atoms with Gasteiger partial charge in [-0.1, -0.05) is 41.0 Å². The number of aliphatic hydroxyl groups is 1. The number of aromatic nitrogens is 1. The summed E-state index contributed by atoms with van der Waals surface area (Å²) in [5.41, 5.74) is 8.62. The number of hydrogen-bond acceptors (Lipinski definition) is 5. The molecule has 9 heteroatoms. The third kappa shape index (κ3) is 5.52. The van der Waals surface area contributed by atoms with Crippen LogP contribution in [0.1, 0.15) is 46.3 Å². The van der Waals surface area contributed by atoms with Crippen LogP contribution in [0.3, 0.4) is 0 Å². The molecule has 1 atom stereocenters. The van der Waals surface area contributed by atoms with Crippen LogP contribution in [-0.4, -0.2) is 38.7 Å².